The Hall–Kier alpha value is -3.81. The number of rotatable bonds is 6. The molecule has 0 aliphatic carbocycles. The number of nitrogens with one attached hydrogen (secondary N) is 2. The highest BCUT2D eigenvalue weighted by molar-refractivity contribution is 6.05. The number of amides is 4. The highest BCUT2D eigenvalue weighted by Gasteiger charge is 2.28. The second-order valence-electron chi connectivity index (χ2n) is 7.24. The molecule has 2 aromatic heterocycles. The van der Waals surface area contributed by atoms with Crippen LogP contribution in [0.3, 0.4) is 0 Å². The summed E-state index contributed by atoms with van der Waals surface area (Å²) in [5.74, 6) is 0.330. The van der Waals surface area contributed by atoms with Gasteiger partial charge in [-0.25, -0.2) is 4.79 Å². The number of carbonyl (C=O) groups excluding carboxylic acids is 3. The first kappa shape index (κ1) is 19.5. The van der Waals surface area contributed by atoms with Crippen molar-refractivity contribution >= 4 is 23.5 Å². The molecule has 0 bridgehead atoms. The van der Waals surface area contributed by atoms with E-state index in [0.717, 1.165) is 27.6 Å². The largest absolute Gasteiger partial charge is 0.467 e. The quantitative estimate of drug-likeness (QED) is 0.615. The zero-order valence-corrected chi connectivity index (χ0v) is 16.8. The van der Waals surface area contributed by atoms with Gasteiger partial charge in [-0.15, -0.1) is 0 Å². The van der Waals surface area contributed by atoms with Crippen LogP contribution >= 0.6 is 0 Å². The third-order valence-corrected chi connectivity index (χ3v) is 5.17. The summed E-state index contributed by atoms with van der Waals surface area (Å²) in [4.78, 5) is 37.6. The van der Waals surface area contributed by atoms with E-state index in [4.69, 9.17) is 4.42 Å². The van der Waals surface area contributed by atoms with Gasteiger partial charge in [-0.05, 0) is 49.7 Å². The van der Waals surface area contributed by atoms with E-state index in [9.17, 15) is 14.4 Å². The Morgan fingerprint density at radius 2 is 1.97 bits per heavy atom. The van der Waals surface area contributed by atoms with Gasteiger partial charge in [-0.1, -0.05) is 12.1 Å². The van der Waals surface area contributed by atoms with Crippen molar-refractivity contribution in [3.63, 3.8) is 0 Å². The van der Waals surface area contributed by atoms with Gasteiger partial charge in [-0.3, -0.25) is 14.5 Å². The number of urea groups is 1. The third-order valence-electron chi connectivity index (χ3n) is 5.17. The summed E-state index contributed by atoms with van der Waals surface area (Å²) in [5.41, 5.74) is 3.73. The van der Waals surface area contributed by atoms with Crippen LogP contribution in [-0.4, -0.2) is 33.9 Å². The molecule has 0 unspecified atom stereocenters. The summed E-state index contributed by atoms with van der Waals surface area (Å²) in [6.45, 7) is 4.58. The molecular formula is C22H22N4O4. The molecule has 1 aliphatic rings. The molecule has 0 saturated carbocycles. The molecule has 0 atom stereocenters. The van der Waals surface area contributed by atoms with Crippen molar-refractivity contribution in [1.82, 2.24) is 14.8 Å². The second kappa shape index (κ2) is 7.90. The number of imide groups is 1. The minimum absolute atomic E-state index is 0.0167. The Kier molecular flexibility index (Phi) is 5.14. The van der Waals surface area contributed by atoms with Crippen molar-refractivity contribution in [1.29, 1.82) is 0 Å². The van der Waals surface area contributed by atoms with Crippen LogP contribution in [0.15, 0.2) is 53.1 Å². The van der Waals surface area contributed by atoms with Crippen LogP contribution in [-0.2, 0) is 17.9 Å². The maximum Gasteiger partial charge on any atom is 0.324 e. The van der Waals surface area contributed by atoms with Crippen molar-refractivity contribution in [3.8, 4) is 0 Å². The third kappa shape index (κ3) is 3.84. The fraction of sp³-hybridized carbons (Fsp3) is 0.227. The molecule has 3 heterocycles. The number of hydrogen-bond donors (Lipinski definition) is 2. The van der Waals surface area contributed by atoms with Gasteiger partial charge in [0.25, 0.3) is 5.91 Å². The standard InChI is InChI=1S/C22H22N4O4/c1-14-9-19(15(2)25(14)13-18-7-4-8-30-18)21(28)24-17-6-3-5-16(10-17)12-26-20(27)11-23-22(26)29/h3-10H,11-13H2,1-2H3,(H,23,29)(H,24,28). The summed E-state index contributed by atoms with van der Waals surface area (Å²) in [5, 5.41) is 5.40. The minimum Gasteiger partial charge on any atom is -0.467 e. The molecular weight excluding hydrogens is 384 g/mol. The van der Waals surface area contributed by atoms with Crippen LogP contribution < -0.4 is 10.6 Å². The predicted molar refractivity (Wildman–Crippen MR) is 110 cm³/mol. The van der Waals surface area contributed by atoms with Crippen LogP contribution in [0.2, 0.25) is 0 Å². The Morgan fingerprint density at radius 1 is 1.13 bits per heavy atom. The maximum atomic E-state index is 12.9. The molecule has 2 N–H and O–H groups in total. The summed E-state index contributed by atoms with van der Waals surface area (Å²) < 4.78 is 7.45. The first-order valence-corrected chi connectivity index (χ1v) is 9.60. The number of aryl methyl sites for hydroxylation is 1. The van der Waals surface area contributed by atoms with Crippen LogP contribution in [0, 0.1) is 13.8 Å². The number of carbonyl (C=O) groups is 3. The molecule has 8 nitrogen and oxygen atoms in total. The SMILES string of the molecule is Cc1cc(C(=O)Nc2cccc(CN3C(=O)CNC3=O)c2)c(C)n1Cc1ccco1. The zero-order valence-electron chi connectivity index (χ0n) is 16.8. The van der Waals surface area contributed by atoms with E-state index < -0.39 is 6.03 Å². The number of aromatic nitrogens is 1. The van der Waals surface area contributed by atoms with E-state index in [1.165, 1.54) is 0 Å². The lowest BCUT2D eigenvalue weighted by molar-refractivity contribution is -0.125. The number of hydrogen-bond acceptors (Lipinski definition) is 4. The molecule has 1 aromatic carbocycles. The van der Waals surface area contributed by atoms with E-state index in [1.54, 1.807) is 24.5 Å². The fourth-order valence-electron chi connectivity index (χ4n) is 3.58. The van der Waals surface area contributed by atoms with Crippen molar-refractivity contribution in [3.05, 3.63) is 77.0 Å². The van der Waals surface area contributed by atoms with E-state index in [0.29, 0.717) is 17.8 Å². The topological polar surface area (TPSA) is 96.6 Å². The summed E-state index contributed by atoms with van der Waals surface area (Å²) in [7, 11) is 0. The normalized spacial score (nSPS) is 13.6. The molecule has 1 fully saturated rings. The predicted octanol–water partition coefficient (Wildman–Crippen LogP) is 3.05. The highest BCUT2D eigenvalue weighted by atomic mass is 16.3. The first-order chi connectivity index (χ1) is 14.4. The highest BCUT2D eigenvalue weighted by Crippen LogP contribution is 2.20. The fourth-order valence-corrected chi connectivity index (χ4v) is 3.58. The minimum atomic E-state index is -0.404. The molecule has 1 saturated heterocycles. The van der Waals surface area contributed by atoms with Gasteiger partial charge in [0.2, 0.25) is 5.91 Å². The van der Waals surface area contributed by atoms with Crippen LogP contribution in [0.5, 0.6) is 0 Å². The van der Waals surface area contributed by atoms with E-state index in [-0.39, 0.29) is 24.9 Å². The molecule has 154 valence electrons. The van der Waals surface area contributed by atoms with Gasteiger partial charge >= 0.3 is 6.03 Å². The van der Waals surface area contributed by atoms with Gasteiger partial charge in [0.1, 0.15) is 5.76 Å². The van der Waals surface area contributed by atoms with Gasteiger partial charge in [0.15, 0.2) is 0 Å². The maximum absolute atomic E-state index is 12.9. The van der Waals surface area contributed by atoms with E-state index in [2.05, 4.69) is 10.6 Å². The summed E-state index contributed by atoms with van der Waals surface area (Å²) >= 11 is 0. The van der Waals surface area contributed by atoms with Gasteiger partial charge in [0.05, 0.1) is 31.5 Å². The van der Waals surface area contributed by atoms with Crippen LogP contribution in [0.25, 0.3) is 0 Å². The van der Waals surface area contributed by atoms with Crippen molar-refractivity contribution in [2.24, 2.45) is 0 Å². The van der Waals surface area contributed by atoms with Crippen LogP contribution in [0.1, 0.15) is 33.1 Å². The van der Waals surface area contributed by atoms with Crippen molar-refractivity contribution in [2.45, 2.75) is 26.9 Å². The molecule has 0 radical (unpaired) electrons. The Bertz CT molecular complexity index is 1100. The summed E-state index contributed by atoms with van der Waals surface area (Å²) in [6, 6.07) is 12.3. The van der Waals surface area contributed by atoms with Crippen molar-refractivity contribution in [2.75, 3.05) is 11.9 Å². The average molecular weight is 406 g/mol. The number of furan rings is 1. The molecule has 8 heteroatoms. The zero-order chi connectivity index (χ0) is 21.3. The number of anilines is 1. The Morgan fingerprint density at radius 3 is 2.67 bits per heavy atom. The lowest BCUT2D eigenvalue weighted by Gasteiger charge is -2.13. The Balaban J connectivity index is 1.49. The molecule has 4 amide bonds. The van der Waals surface area contributed by atoms with Crippen molar-refractivity contribution < 1.29 is 18.8 Å². The molecule has 0 spiro atoms. The number of benzene rings is 1. The summed E-state index contributed by atoms with van der Waals surface area (Å²) in [6.07, 6.45) is 1.63. The Labute approximate surface area is 173 Å². The molecule has 3 aromatic rings. The van der Waals surface area contributed by atoms with E-state index in [1.807, 2.05) is 42.7 Å². The average Bonchev–Trinajstić information content (AvgIpc) is 3.41. The van der Waals surface area contributed by atoms with Crippen LogP contribution in [0.4, 0.5) is 10.5 Å². The number of nitrogens with zero attached hydrogens (tertiary/aromatic N) is 2. The second-order valence-corrected chi connectivity index (χ2v) is 7.24. The van der Waals surface area contributed by atoms with Gasteiger partial charge in [0, 0.05) is 17.1 Å². The lowest BCUT2D eigenvalue weighted by atomic mass is 10.1. The first-order valence-electron chi connectivity index (χ1n) is 9.60. The molecule has 30 heavy (non-hydrogen) atoms. The smallest absolute Gasteiger partial charge is 0.324 e. The van der Waals surface area contributed by atoms with Gasteiger partial charge < -0.3 is 19.6 Å². The lowest BCUT2D eigenvalue weighted by Crippen LogP contribution is -2.30. The molecule has 1 aliphatic heterocycles. The monoisotopic (exact) mass is 406 g/mol. The molecule has 4 rings (SSSR count). The van der Waals surface area contributed by atoms with E-state index >= 15 is 0 Å². The van der Waals surface area contributed by atoms with Gasteiger partial charge in [-0.2, -0.15) is 0 Å².